The monoisotopic (exact) mass is 278 g/mol. The van der Waals surface area contributed by atoms with Crippen LogP contribution in [-0.2, 0) is 6.54 Å². The van der Waals surface area contributed by atoms with Gasteiger partial charge in [0, 0.05) is 23.7 Å². The normalized spacial score (nSPS) is 17.7. The molecule has 2 aromatic heterocycles. The van der Waals surface area contributed by atoms with Crippen LogP contribution in [0.4, 0.5) is 11.1 Å². The summed E-state index contributed by atoms with van der Waals surface area (Å²) in [5.41, 5.74) is 14.2. The Labute approximate surface area is 116 Å². The first-order chi connectivity index (χ1) is 9.15. The third-order valence-corrected chi connectivity index (χ3v) is 3.57. The first kappa shape index (κ1) is 13.7. The van der Waals surface area contributed by atoms with Crippen molar-refractivity contribution in [2.75, 3.05) is 18.5 Å². The molecule has 0 amide bonds. The quantitative estimate of drug-likeness (QED) is 0.824. The molecular weight excluding hydrogens is 260 g/mol. The number of rotatable bonds is 1. The fraction of sp³-hybridized carbons (Fsp3) is 0.417. The van der Waals surface area contributed by atoms with Gasteiger partial charge in [-0.1, -0.05) is 13.8 Å². The molecule has 3 rings (SSSR count). The second-order valence-electron chi connectivity index (χ2n) is 4.06. The Balaban J connectivity index is 0.000000637. The van der Waals surface area contributed by atoms with Crippen LogP contribution in [-0.4, -0.2) is 26.9 Å². The van der Waals surface area contributed by atoms with Crippen molar-refractivity contribution in [1.29, 1.82) is 0 Å². The summed E-state index contributed by atoms with van der Waals surface area (Å²) in [6.07, 6.45) is 1.78. The fourth-order valence-corrected chi connectivity index (χ4v) is 2.75. The van der Waals surface area contributed by atoms with Gasteiger partial charge >= 0.3 is 0 Å². The minimum absolute atomic E-state index is 0.0825. The molecule has 0 bridgehead atoms. The Hall–Kier alpha value is -1.73. The standard InChI is InChI=1S/C10H12N6S.C2H6/c1-16-3-6-5(2-13-9(11)14-6)8(16)7-4-17-10(12)15-7;1-2/h2,4,8H,3H2,1H3,(H2,12,15)(H2,11,13,14);1-2H3. The van der Waals surface area contributed by atoms with E-state index in [1.807, 2.05) is 26.3 Å². The molecule has 0 aliphatic carbocycles. The van der Waals surface area contributed by atoms with Crippen LogP contribution in [0.2, 0.25) is 0 Å². The largest absolute Gasteiger partial charge is 0.375 e. The van der Waals surface area contributed by atoms with Crippen molar-refractivity contribution in [2.45, 2.75) is 26.4 Å². The molecule has 0 aromatic carbocycles. The summed E-state index contributed by atoms with van der Waals surface area (Å²) < 4.78 is 0. The van der Waals surface area contributed by atoms with Gasteiger partial charge in [-0.15, -0.1) is 11.3 Å². The van der Waals surface area contributed by atoms with Crippen LogP contribution in [0.1, 0.15) is 36.8 Å². The lowest BCUT2D eigenvalue weighted by atomic mass is 10.1. The first-order valence-electron chi connectivity index (χ1n) is 6.17. The van der Waals surface area contributed by atoms with Gasteiger partial charge in [0.1, 0.15) is 0 Å². The Morgan fingerprint density at radius 1 is 1.32 bits per heavy atom. The zero-order valence-electron chi connectivity index (χ0n) is 11.3. The van der Waals surface area contributed by atoms with E-state index >= 15 is 0 Å². The third-order valence-electron chi connectivity index (χ3n) is 2.87. The Morgan fingerprint density at radius 2 is 2.05 bits per heavy atom. The predicted molar refractivity (Wildman–Crippen MR) is 77.6 cm³/mol. The van der Waals surface area contributed by atoms with Gasteiger partial charge in [0.15, 0.2) is 5.13 Å². The van der Waals surface area contributed by atoms with E-state index in [4.69, 9.17) is 11.5 Å². The van der Waals surface area contributed by atoms with Crippen molar-refractivity contribution in [3.63, 3.8) is 0 Å². The number of aromatic nitrogens is 3. The van der Waals surface area contributed by atoms with Gasteiger partial charge in [-0.2, -0.15) is 0 Å². The van der Waals surface area contributed by atoms with E-state index in [9.17, 15) is 0 Å². The van der Waals surface area contributed by atoms with Gasteiger partial charge < -0.3 is 11.5 Å². The molecule has 7 heteroatoms. The molecule has 0 fully saturated rings. The van der Waals surface area contributed by atoms with Crippen LogP contribution < -0.4 is 11.5 Å². The molecule has 2 aromatic rings. The summed E-state index contributed by atoms with van der Waals surface area (Å²) in [5.74, 6) is 0.315. The summed E-state index contributed by atoms with van der Waals surface area (Å²) in [5, 5.41) is 2.56. The molecule has 1 atom stereocenters. The molecule has 0 saturated carbocycles. The Morgan fingerprint density at radius 3 is 2.68 bits per heavy atom. The summed E-state index contributed by atoms with van der Waals surface area (Å²) in [4.78, 5) is 14.8. The fourth-order valence-electron chi connectivity index (χ4n) is 2.17. The zero-order chi connectivity index (χ0) is 14.0. The molecular formula is C12H18N6S. The summed E-state index contributed by atoms with van der Waals surface area (Å²) in [7, 11) is 2.03. The third kappa shape index (κ3) is 2.52. The molecule has 102 valence electrons. The van der Waals surface area contributed by atoms with Gasteiger partial charge in [-0.3, -0.25) is 4.90 Å². The van der Waals surface area contributed by atoms with E-state index in [-0.39, 0.29) is 6.04 Å². The maximum atomic E-state index is 5.67. The predicted octanol–water partition coefficient (Wildman–Crippen LogP) is 1.66. The molecule has 3 heterocycles. The van der Waals surface area contributed by atoms with Gasteiger partial charge in [0.2, 0.25) is 5.95 Å². The van der Waals surface area contributed by atoms with E-state index in [0.29, 0.717) is 11.1 Å². The van der Waals surface area contributed by atoms with Gasteiger partial charge in [-0.05, 0) is 7.05 Å². The highest BCUT2D eigenvalue weighted by molar-refractivity contribution is 7.13. The van der Waals surface area contributed by atoms with E-state index in [0.717, 1.165) is 23.5 Å². The van der Waals surface area contributed by atoms with E-state index in [2.05, 4.69) is 19.9 Å². The summed E-state index contributed by atoms with van der Waals surface area (Å²) >= 11 is 1.45. The maximum absolute atomic E-state index is 5.67. The van der Waals surface area contributed by atoms with Crippen LogP contribution in [0.25, 0.3) is 0 Å². The second-order valence-corrected chi connectivity index (χ2v) is 4.95. The highest BCUT2D eigenvalue weighted by Crippen LogP contribution is 2.36. The lowest BCUT2D eigenvalue weighted by Crippen LogP contribution is -2.18. The number of anilines is 2. The molecule has 6 nitrogen and oxygen atoms in total. The van der Waals surface area contributed by atoms with Crippen molar-refractivity contribution < 1.29 is 0 Å². The zero-order valence-corrected chi connectivity index (χ0v) is 12.1. The molecule has 1 aliphatic heterocycles. The van der Waals surface area contributed by atoms with Gasteiger partial charge in [-0.25, -0.2) is 15.0 Å². The van der Waals surface area contributed by atoms with Crippen molar-refractivity contribution in [1.82, 2.24) is 19.9 Å². The lowest BCUT2D eigenvalue weighted by molar-refractivity contribution is 0.299. The lowest BCUT2D eigenvalue weighted by Gasteiger charge is -2.17. The second kappa shape index (κ2) is 5.50. The van der Waals surface area contributed by atoms with Crippen molar-refractivity contribution in [3.05, 3.63) is 28.5 Å². The Kier molecular flexibility index (Phi) is 3.96. The highest BCUT2D eigenvalue weighted by Gasteiger charge is 2.32. The molecule has 1 unspecified atom stereocenters. The van der Waals surface area contributed by atoms with Gasteiger partial charge in [0.05, 0.1) is 17.4 Å². The minimum Gasteiger partial charge on any atom is -0.375 e. The highest BCUT2D eigenvalue weighted by atomic mass is 32.1. The van der Waals surface area contributed by atoms with Crippen LogP contribution in [0.3, 0.4) is 0 Å². The Bertz CT molecular complexity index is 567. The van der Waals surface area contributed by atoms with E-state index in [1.165, 1.54) is 11.3 Å². The molecule has 19 heavy (non-hydrogen) atoms. The average molecular weight is 278 g/mol. The molecule has 0 saturated heterocycles. The number of fused-ring (bicyclic) bond motifs is 1. The number of nitrogens with two attached hydrogens (primary N) is 2. The van der Waals surface area contributed by atoms with Crippen molar-refractivity contribution in [3.8, 4) is 0 Å². The molecule has 1 aliphatic rings. The number of nitrogens with zero attached hydrogens (tertiary/aromatic N) is 4. The molecule has 4 N–H and O–H groups in total. The average Bonchev–Trinajstić information content (AvgIpc) is 2.94. The van der Waals surface area contributed by atoms with Gasteiger partial charge in [0.25, 0.3) is 0 Å². The number of hydrogen-bond acceptors (Lipinski definition) is 7. The van der Waals surface area contributed by atoms with Crippen molar-refractivity contribution in [2.24, 2.45) is 0 Å². The first-order valence-corrected chi connectivity index (χ1v) is 7.05. The van der Waals surface area contributed by atoms with Crippen LogP contribution in [0.15, 0.2) is 11.6 Å². The summed E-state index contributed by atoms with van der Waals surface area (Å²) in [6, 6.07) is 0.0825. The number of hydrogen-bond donors (Lipinski definition) is 2. The SMILES string of the molecule is CC.CN1Cc2nc(N)ncc2C1c1csc(N)n1. The van der Waals surface area contributed by atoms with Crippen LogP contribution in [0, 0.1) is 0 Å². The molecule has 0 radical (unpaired) electrons. The summed E-state index contributed by atoms with van der Waals surface area (Å²) in [6.45, 7) is 4.75. The smallest absolute Gasteiger partial charge is 0.220 e. The topological polar surface area (TPSA) is 94.0 Å². The van der Waals surface area contributed by atoms with E-state index < -0.39 is 0 Å². The number of thiazole rings is 1. The van der Waals surface area contributed by atoms with E-state index in [1.54, 1.807) is 6.20 Å². The number of nitrogen functional groups attached to an aromatic ring is 2. The maximum Gasteiger partial charge on any atom is 0.220 e. The van der Waals surface area contributed by atoms with Crippen molar-refractivity contribution >= 4 is 22.4 Å². The molecule has 0 spiro atoms. The van der Waals surface area contributed by atoms with Crippen LogP contribution >= 0.6 is 11.3 Å². The minimum atomic E-state index is 0.0825. The van der Waals surface area contributed by atoms with Crippen LogP contribution in [0.5, 0.6) is 0 Å².